The summed E-state index contributed by atoms with van der Waals surface area (Å²) in [7, 11) is 0. The molecule has 2 aromatic carbocycles. The number of fused-ring (bicyclic) bond motifs is 1. The number of nitrogens with one attached hydrogen (secondary N) is 2. The molecular formula is C25H22ClN5O4. The van der Waals surface area contributed by atoms with Gasteiger partial charge in [-0.15, -0.1) is 0 Å². The van der Waals surface area contributed by atoms with Crippen molar-refractivity contribution in [2.75, 3.05) is 6.61 Å². The molecule has 178 valence electrons. The Labute approximate surface area is 206 Å². The van der Waals surface area contributed by atoms with E-state index in [1.165, 1.54) is 6.07 Å². The summed E-state index contributed by atoms with van der Waals surface area (Å²) in [6.07, 6.45) is 1.55. The molecular weight excluding hydrogens is 470 g/mol. The Kier molecular flexibility index (Phi) is 7.07. The Morgan fingerprint density at radius 3 is 2.43 bits per heavy atom. The lowest BCUT2D eigenvalue weighted by molar-refractivity contribution is -0.125. The molecule has 0 aliphatic heterocycles. The minimum absolute atomic E-state index is 0.0161. The molecule has 2 amide bonds. The van der Waals surface area contributed by atoms with Crippen LogP contribution in [0.4, 0.5) is 0 Å². The highest BCUT2D eigenvalue weighted by Crippen LogP contribution is 2.26. The number of carbonyl (C=O) groups is 3. The predicted molar refractivity (Wildman–Crippen MR) is 131 cm³/mol. The van der Waals surface area contributed by atoms with Crippen molar-refractivity contribution in [2.45, 2.75) is 19.9 Å². The van der Waals surface area contributed by atoms with Crippen LogP contribution < -0.4 is 10.9 Å². The van der Waals surface area contributed by atoms with Crippen LogP contribution in [0.15, 0.2) is 66.9 Å². The number of esters is 1. The molecule has 2 aromatic heterocycles. The number of halogens is 1. The Bertz CT molecular complexity index is 1400. The maximum Gasteiger partial charge on any atom is 0.339 e. The molecule has 0 atom stereocenters. The molecule has 0 aliphatic rings. The molecule has 4 rings (SSSR count). The van der Waals surface area contributed by atoms with Crippen LogP contribution in [-0.4, -0.2) is 39.2 Å². The van der Waals surface area contributed by atoms with Gasteiger partial charge in [0.2, 0.25) is 0 Å². The number of ether oxygens (including phenoxy) is 1. The van der Waals surface area contributed by atoms with Gasteiger partial charge in [0.1, 0.15) is 0 Å². The standard InChI is InChI=1S/C25H22ClN5O4/c1-15(2)31-23-19(13-27-31)18(12-21(28-23)16-8-4-3-5-9-16)25(34)35-14-22(32)29-30-24(33)17-10-6-7-11-20(17)26/h3-13,15H,14H2,1-2H3,(H,29,32)(H,30,33). The zero-order valence-electron chi connectivity index (χ0n) is 19.0. The Morgan fingerprint density at radius 2 is 1.71 bits per heavy atom. The van der Waals surface area contributed by atoms with Gasteiger partial charge in [0, 0.05) is 11.6 Å². The fourth-order valence-electron chi connectivity index (χ4n) is 3.41. The molecule has 10 heteroatoms. The summed E-state index contributed by atoms with van der Waals surface area (Å²) in [6.45, 7) is 3.32. The van der Waals surface area contributed by atoms with E-state index >= 15 is 0 Å². The number of pyridine rings is 1. The van der Waals surface area contributed by atoms with Crippen LogP contribution >= 0.6 is 11.6 Å². The predicted octanol–water partition coefficient (Wildman–Crippen LogP) is 3.95. The lowest BCUT2D eigenvalue weighted by atomic mass is 10.1. The van der Waals surface area contributed by atoms with E-state index in [4.69, 9.17) is 21.3 Å². The molecule has 0 aliphatic carbocycles. The van der Waals surface area contributed by atoms with E-state index < -0.39 is 24.4 Å². The van der Waals surface area contributed by atoms with E-state index in [0.29, 0.717) is 16.7 Å². The number of carbonyl (C=O) groups excluding carboxylic acids is 3. The molecule has 35 heavy (non-hydrogen) atoms. The van der Waals surface area contributed by atoms with Gasteiger partial charge >= 0.3 is 5.97 Å². The van der Waals surface area contributed by atoms with Gasteiger partial charge in [-0.1, -0.05) is 54.1 Å². The largest absolute Gasteiger partial charge is 0.452 e. The van der Waals surface area contributed by atoms with Crippen LogP contribution in [-0.2, 0) is 9.53 Å². The molecule has 0 spiro atoms. The van der Waals surface area contributed by atoms with Crippen LogP contribution in [0, 0.1) is 0 Å². The summed E-state index contributed by atoms with van der Waals surface area (Å²) >= 11 is 5.98. The number of hydrazine groups is 1. The van der Waals surface area contributed by atoms with Gasteiger partial charge in [-0.05, 0) is 32.0 Å². The van der Waals surface area contributed by atoms with Gasteiger partial charge in [-0.25, -0.2) is 14.5 Å². The van der Waals surface area contributed by atoms with Crippen molar-refractivity contribution in [3.05, 3.63) is 83.0 Å². The normalized spacial score (nSPS) is 10.9. The molecule has 4 aromatic rings. The average Bonchev–Trinajstić information content (AvgIpc) is 3.30. The van der Waals surface area contributed by atoms with Gasteiger partial charge in [-0.3, -0.25) is 20.4 Å². The number of hydrogen-bond donors (Lipinski definition) is 2. The van der Waals surface area contributed by atoms with Gasteiger partial charge < -0.3 is 4.74 Å². The molecule has 0 unspecified atom stereocenters. The molecule has 9 nitrogen and oxygen atoms in total. The van der Waals surface area contributed by atoms with E-state index in [1.54, 1.807) is 35.1 Å². The zero-order chi connectivity index (χ0) is 24.9. The number of rotatable bonds is 6. The monoisotopic (exact) mass is 491 g/mol. The van der Waals surface area contributed by atoms with Gasteiger partial charge in [0.15, 0.2) is 12.3 Å². The molecule has 2 N–H and O–H groups in total. The summed E-state index contributed by atoms with van der Waals surface area (Å²) in [4.78, 5) is 42.0. The molecule has 0 radical (unpaired) electrons. The van der Waals surface area contributed by atoms with Crippen LogP contribution in [0.3, 0.4) is 0 Å². The summed E-state index contributed by atoms with van der Waals surface area (Å²) in [5.74, 6) is -2.03. The lowest BCUT2D eigenvalue weighted by Crippen LogP contribution is -2.43. The van der Waals surface area contributed by atoms with Crippen LogP contribution in [0.2, 0.25) is 5.02 Å². The van der Waals surface area contributed by atoms with E-state index in [-0.39, 0.29) is 22.2 Å². The summed E-state index contributed by atoms with van der Waals surface area (Å²) in [5.41, 5.74) is 6.80. The zero-order valence-corrected chi connectivity index (χ0v) is 19.7. The maximum atomic E-state index is 13.0. The highest BCUT2D eigenvalue weighted by Gasteiger charge is 2.20. The fourth-order valence-corrected chi connectivity index (χ4v) is 3.63. The van der Waals surface area contributed by atoms with Crippen molar-refractivity contribution >= 4 is 40.4 Å². The minimum atomic E-state index is -0.717. The van der Waals surface area contributed by atoms with Crippen LogP contribution in [0.5, 0.6) is 0 Å². The Morgan fingerprint density at radius 1 is 1.00 bits per heavy atom. The van der Waals surface area contributed by atoms with E-state index in [1.807, 2.05) is 44.2 Å². The van der Waals surface area contributed by atoms with E-state index in [2.05, 4.69) is 16.0 Å². The first-order chi connectivity index (χ1) is 16.8. The van der Waals surface area contributed by atoms with Gasteiger partial charge in [0.05, 0.1) is 33.4 Å². The molecule has 2 heterocycles. The number of amides is 2. The third kappa shape index (κ3) is 5.30. The second-order valence-electron chi connectivity index (χ2n) is 7.90. The number of hydrogen-bond acceptors (Lipinski definition) is 6. The highest BCUT2D eigenvalue weighted by atomic mass is 35.5. The first kappa shape index (κ1) is 23.9. The van der Waals surface area contributed by atoms with E-state index in [9.17, 15) is 14.4 Å². The van der Waals surface area contributed by atoms with Crippen molar-refractivity contribution in [1.29, 1.82) is 0 Å². The van der Waals surface area contributed by atoms with Crippen LogP contribution in [0.1, 0.15) is 40.6 Å². The molecule has 0 saturated heterocycles. The van der Waals surface area contributed by atoms with Crippen molar-refractivity contribution in [3.63, 3.8) is 0 Å². The van der Waals surface area contributed by atoms with Crippen molar-refractivity contribution < 1.29 is 19.1 Å². The Balaban J connectivity index is 1.50. The first-order valence-corrected chi connectivity index (χ1v) is 11.2. The smallest absolute Gasteiger partial charge is 0.339 e. The second-order valence-corrected chi connectivity index (χ2v) is 8.31. The Hall–Kier alpha value is -4.24. The number of benzene rings is 2. The minimum Gasteiger partial charge on any atom is -0.452 e. The number of nitrogens with zero attached hydrogens (tertiary/aromatic N) is 3. The molecule has 0 saturated carbocycles. The van der Waals surface area contributed by atoms with E-state index in [0.717, 1.165) is 5.56 Å². The fraction of sp³-hybridized carbons (Fsp3) is 0.160. The third-order valence-electron chi connectivity index (χ3n) is 5.11. The van der Waals surface area contributed by atoms with Gasteiger partial charge in [-0.2, -0.15) is 5.10 Å². The topological polar surface area (TPSA) is 115 Å². The van der Waals surface area contributed by atoms with Crippen molar-refractivity contribution in [2.24, 2.45) is 0 Å². The quantitative estimate of drug-likeness (QED) is 0.312. The van der Waals surface area contributed by atoms with Crippen LogP contribution in [0.25, 0.3) is 22.3 Å². The second kappa shape index (κ2) is 10.4. The maximum absolute atomic E-state index is 13.0. The summed E-state index contributed by atoms with van der Waals surface area (Å²) in [5, 5.41) is 5.11. The third-order valence-corrected chi connectivity index (χ3v) is 5.44. The molecule has 0 fully saturated rings. The summed E-state index contributed by atoms with van der Waals surface area (Å²) < 4.78 is 6.94. The van der Waals surface area contributed by atoms with Crippen molar-refractivity contribution in [3.8, 4) is 11.3 Å². The average molecular weight is 492 g/mol. The summed E-state index contributed by atoms with van der Waals surface area (Å²) in [6, 6.07) is 17.4. The molecule has 0 bridgehead atoms. The highest BCUT2D eigenvalue weighted by molar-refractivity contribution is 6.33. The SMILES string of the molecule is CC(C)n1ncc2c(C(=O)OCC(=O)NNC(=O)c3ccccc3Cl)cc(-c3ccccc3)nc21. The first-order valence-electron chi connectivity index (χ1n) is 10.8. The van der Waals surface area contributed by atoms with Gasteiger partial charge in [0.25, 0.3) is 11.8 Å². The number of aromatic nitrogens is 3. The van der Waals surface area contributed by atoms with Crippen molar-refractivity contribution in [1.82, 2.24) is 25.6 Å². The lowest BCUT2D eigenvalue weighted by Gasteiger charge is -2.11.